The Morgan fingerprint density at radius 1 is 0.968 bits per heavy atom. The van der Waals surface area contributed by atoms with Gasteiger partial charge in [-0.2, -0.15) is 0 Å². The highest BCUT2D eigenvalue weighted by atomic mass is 16.5. The fourth-order valence-electron chi connectivity index (χ4n) is 4.67. The minimum Gasteiger partial charge on any atom is -0.497 e. The summed E-state index contributed by atoms with van der Waals surface area (Å²) >= 11 is 0. The van der Waals surface area contributed by atoms with Crippen LogP contribution < -0.4 is 4.74 Å². The lowest BCUT2D eigenvalue weighted by Gasteiger charge is -2.26. The van der Waals surface area contributed by atoms with Crippen molar-refractivity contribution >= 4 is 16.8 Å². The molecule has 4 nitrogen and oxygen atoms in total. The molecule has 0 unspecified atom stereocenters. The maximum Gasteiger partial charge on any atom is 0.255 e. The van der Waals surface area contributed by atoms with Crippen molar-refractivity contribution in [2.75, 3.05) is 13.7 Å². The first-order chi connectivity index (χ1) is 15.2. The van der Waals surface area contributed by atoms with E-state index in [1.165, 1.54) is 0 Å². The zero-order valence-corrected chi connectivity index (χ0v) is 17.9. The quantitative estimate of drug-likeness (QED) is 0.412. The van der Waals surface area contributed by atoms with Crippen molar-refractivity contribution in [3.05, 3.63) is 89.5 Å². The molecule has 3 aromatic carbocycles. The van der Waals surface area contributed by atoms with Gasteiger partial charge >= 0.3 is 0 Å². The lowest BCUT2D eigenvalue weighted by Crippen LogP contribution is -2.30. The third kappa shape index (κ3) is 3.19. The molecule has 4 heteroatoms. The summed E-state index contributed by atoms with van der Waals surface area (Å²) < 4.78 is 5.35. The maximum atomic E-state index is 13.4. The molecule has 1 aromatic heterocycles. The zero-order valence-electron chi connectivity index (χ0n) is 17.9. The largest absolute Gasteiger partial charge is 0.497 e. The van der Waals surface area contributed by atoms with Gasteiger partial charge < -0.3 is 14.6 Å². The molecule has 0 saturated heterocycles. The van der Waals surface area contributed by atoms with Crippen LogP contribution in [0, 0.1) is 0 Å². The van der Waals surface area contributed by atoms with E-state index in [0.29, 0.717) is 0 Å². The molecule has 156 valence electrons. The van der Waals surface area contributed by atoms with E-state index in [1.807, 2.05) is 36.4 Å². The Kier molecular flexibility index (Phi) is 4.99. The van der Waals surface area contributed by atoms with Crippen molar-refractivity contribution < 1.29 is 9.53 Å². The molecule has 0 spiro atoms. The summed E-state index contributed by atoms with van der Waals surface area (Å²) in [5, 5.41) is 1.16. The van der Waals surface area contributed by atoms with Gasteiger partial charge in [-0.25, -0.2) is 0 Å². The lowest BCUT2D eigenvalue weighted by atomic mass is 9.93. The van der Waals surface area contributed by atoms with Crippen LogP contribution in [0.15, 0.2) is 72.8 Å². The molecule has 1 atom stereocenters. The number of ether oxygens (including phenoxy) is 1. The highest BCUT2D eigenvalue weighted by Crippen LogP contribution is 2.45. The summed E-state index contributed by atoms with van der Waals surface area (Å²) in [4.78, 5) is 19.1. The number of hydrogen-bond acceptors (Lipinski definition) is 2. The smallest absolute Gasteiger partial charge is 0.255 e. The van der Waals surface area contributed by atoms with E-state index in [9.17, 15) is 4.79 Å². The summed E-state index contributed by atoms with van der Waals surface area (Å²) in [6.45, 7) is 2.91. The molecule has 5 rings (SSSR count). The first kappa shape index (κ1) is 19.4. The van der Waals surface area contributed by atoms with E-state index in [2.05, 4.69) is 53.2 Å². The summed E-state index contributed by atoms with van der Waals surface area (Å²) in [5.41, 5.74) is 6.28. The SMILES string of the molecule is CCCCN1C(=O)c2ccccc2[C@@H]1c1c(-c2ccc(OC)cc2)[nH]c2ccccc12. The number of amides is 1. The van der Waals surface area contributed by atoms with Gasteiger partial charge in [-0.3, -0.25) is 4.79 Å². The molecular weight excluding hydrogens is 384 g/mol. The Balaban J connectivity index is 1.75. The molecular formula is C27H26N2O2. The second-order valence-corrected chi connectivity index (χ2v) is 8.03. The van der Waals surface area contributed by atoms with E-state index in [4.69, 9.17) is 4.74 Å². The molecule has 31 heavy (non-hydrogen) atoms. The van der Waals surface area contributed by atoms with Crippen molar-refractivity contribution in [3.63, 3.8) is 0 Å². The summed E-state index contributed by atoms with van der Waals surface area (Å²) in [5.74, 6) is 0.951. The fraction of sp³-hybridized carbons (Fsp3) is 0.222. The predicted molar refractivity (Wildman–Crippen MR) is 125 cm³/mol. The first-order valence-electron chi connectivity index (χ1n) is 10.9. The fourth-order valence-corrected chi connectivity index (χ4v) is 4.67. The topological polar surface area (TPSA) is 45.3 Å². The molecule has 0 aliphatic carbocycles. The maximum absolute atomic E-state index is 13.4. The van der Waals surface area contributed by atoms with E-state index in [0.717, 1.165) is 64.0 Å². The molecule has 4 aromatic rings. The van der Waals surface area contributed by atoms with Gasteiger partial charge in [-0.1, -0.05) is 49.7 Å². The monoisotopic (exact) mass is 410 g/mol. The van der Waals surface area contributed by atoms with Crippen LogP contribution in [0.25, 0.3) is 22.2 Å². The number of carbonyl (C=O) groups excluding carboxylic acids is 1. The zero-order chi connectivity index (χ0) is 21.4. The minimum atomic E-state index is -0.108. The number of methoxy groups -OCH3 is 1. The number of para-hydroxylation sites is 1. The second kappa shape index (κ2) is 7.95. The van der Waals surface area contributed by atoms with Crippen LogP contribution in [0.5, 0.6) is 5.75 Å². The van der Waals surface area contributed by atoms with Crippen molar-refractivity contribution in [1.29, 1.82) is 0 Å². The van der Waals surface area contributed by atoms with Gasteiger partial charge in [0.1, 0.15) is 5.75 Å². The third-order valence-corrected chi connectivity index (χ3v) is 6.21. The number of carbonyl (C=O) groups is 1. The van der Waals surface area contributed by atoms with E-state index in [-0.39, 0.29) is 11.9 Å². The van der Waals surface area contributed by atoms with Crippen LogP contribution in [-0.2, 0) is 0 Å². The molecule has 1 N–H and O–H groups in total. The molecule has 0 bridgehead atoms. The summed E-state index contributed by atoms with van der Waals surface area (Å²) in [6, 6.07) is 24.4. The average molecular weight is 411 g/mol. The highest BCUT2D eigenvalue weighted by molar-refractivity contribution is 6.02. The Morgan fingerprint density at radius 3 is 2.48 bits per heavy atom. The van der Waals surface area contributed by atoms with Crippen molar-refractivity contribution in [2.45, 2.75) is 25.8 Å². The van der Waals surface area contributed by atoms with Crippen LogP contribution in [0.1, 0.15) is 47.3 Å². The second-order valence-electron chi connectivity index (χ2n) is 8.03. The molecule has 0 fully saturated rings. The first-order valence-corrected chi connectivity index (χ1v) is 10.9. The van der Waals surface area contributed by atoms with Crippen LogP contribution in [0.3, 0.4) is 0 Å². The number of aromatic amines is 1. The number of hydrogen-bond donors (Lipinski definition) is 1. The Labute approximate surface area is 182 Å². The number of unbranched alkanes of at least 4 members (excludes halogenated alkanes) is 1. The normalized spacial score (nSPS) is 15.5. The standard InChI is InChI=1S/C27H26N2O2/c1-3-4-17-29-26(20-9-5-6-10-21(20)27(29)30)24-22-11-7-8-12-23(22)28-25(24)18-13-15-19(31-2)16-14-18/h5-16,26,28H,3-4,17H2,1-2H3/t26-/m1/s1. The Morgan fingerprint density at radius 2 is 1.71 bits per heavy atom. The number of benzene rings is 3. The molecule has 1 aliphatic heterocycles. The number of rotatable bonds is 6. The molecule has 0 saturated carbocycles. The number of nitrogens with zero attached hydrogens (tertiary/aromatic N) is 1. The van der Waals surface area contributed by atoms with E-state index in [1.54, 1.807) is 7.11 Å². The summed E-state index contributed by atoms with van der Waals surface area (Å²) in [7, 11) is 1.68. The van der Waals surface area contributed by atoms with Gasteiger partial charge in [-0.05, 0) is 53.9 Å². The molecule has 0 radical (unpaired) electrons. The van der Waals surface area contributed by atoms with Gasteiger partial charge in [0.05, 0.1) is 18.8 Å². The number of aromatic nitrogens is 1. The van der Waals surface area contributed by atoms with E-state index < -0.39 is 0 Å². The number of fused-ring (bicyclic) bond motifs is 2. The highest BCUT2D eigenvalue weighted by Gasteiger charge is 2.39. The minimum absolute atomic E-state index is 0.108. The number of H-pyrrole nitrogens is 1. The van der Waals surface area contributed by atoms with Gasteiger partial charge in [0.15, 0.2) is 0 Å². The number of nitrogens with one attached hydrogen (secondary N) is 1. The van der Waals surface area contributed by atoms with Crippen molar-refractivity contribution in [1.82, 2.24) is 9.88 Å². The Bertz CT molecular complexity index is 1240. The third-order valence-electron chi connectivity index (χ3n) is 6.21. The van der Waals surface area contributed by atoms with Crippen LogP contribution in [0.2, 0.25) is 0 Å². The van der Waals surface area contributed by atoms with Gasteiger partial charge in [0.2, 0.25) is 0 Å². The van der Waals surface area contributed by atoms with Crippen molar-refractivity contribution in [2.24, 2.45) is 0 Å². The summed E-state index contributed by atoms with van der Waals surface area (Å²) in [6.07, 6.45) is 2.03. The average Bonchev–Trinajstić information content (AvgIpc) is 3.33. The van der Waals surface area contributed by atoms with Crippen molar-refractivity contribution in [3.8, 4) is 17.0 Å². The molecule has 1 amide bonds. The lowest BCUT2D eigenvalue weighted by molar-refractivity contribution is 0.0748. The molecule has 1 aliphatic rings. The van der Waals surface area contributed by atoms with Gasteiger partial charge in [0, 0.05) is 28.6 Å². The molecule has 2 heterocycles. The van der Waals surface area contributed by atoms with Gasteiger partial charge in [0.25, 0.3) is 5.91 Å². The van der Waals surface area contributed by atoms with Gasteiger partial charge in [-0.15, -0.1) is 0 Å². The predicted octanol–water partition coefficient (Wildman–Crippen LogP) is 6.19. The van der Waals surface area contributed by atoms with E-state index >= 15 is 0 Å². The van der Waals surface area contributed by atoms with Crippen LogP contribution >= 0.6 is 0 Å². The Hall–Kier alpha value is -3.53. The van der Waals surface area contributed by atoms with Crippen LogP contribution in [0.4, 0.5) is 0 Å². The van der Waals surface area contributed by atoms with Crippen LogP contribution in [-0.4, -0.2) is 29.4 Å².